The zero-order chi connectivity index (χ0) is 13.1. The van der Waals surface area contributed by atoms with Crippen molar-refractivity contribution >= 4 is 22.7 Å². The standard InChI is InChI=1S/C11H19N5OS/c1-7(2)9-14-11(18-15-9)16-5-3-8(4-6-16)13-10(12)17/h7-8H,3-6H2,1-2H3,(H3,12,13,17). The minimum atomic E-state index is -0.438. The lowest BCUT2D eigenvalue weighted by Gasteiger charge is -2.31. The molecular formula is C11H19N5OS. The number of nitrogens with two attached hydrogens (primary N) is 1. The molecule has 0 radical (unpaired) electrons. The molecule has 2 rings (SSSR count). The lowest BCUT2D eigenvalue weighted by molar-refractivity contribution is 0.242. The van der Waals surface area contributed by atoms with Crippen LogP contribution in [-0.4, -0.2) is 34.5 Å². The van der Waals surface area contributed by atoms with Crippen molar-refractivity contribution < 1.29 is 4.79 Å². The van der Waals surface area contributed by atoms with Gasteiger partial charge in [0.15, 0.2) is 0 Å². The lowest BCUT2D eigenvalue weighted by atomic mass is 10.1. The van der Waals surface area contributed by atoms with Gasteiger partial charge < -0.3 is 16.0 Å². The number of rotatable bonds is 3. The number of primary amides is 1. The number of carbonyl (C=O) groups excluding carboxylic acids is 1. The number of amides is 2. The molecule has 3 N–H and O–H groups in total. The molecule has 18 heavy (non-hydrogen) atoms. The van der Waals surface area contributed by atoms with E-state index in [0.29, 0.717) is 5.92 Å². The van der Waals surface area contributed by atoms with Gasteiger partial charge in [0.25, 0.3) is 0 Å². The predicted octanol–water partition coefficient (Wildman–Crippen LogP) is 1.30. The van der Waals surface area contributed by atoms with Gasteiger partial charge in [0.1, 0.15) is 5.82 Å². The van der Waals surface area contributed by atoms with Crippen LogP contribution in [0, 0.1) is 0 Å². The molecule has 1 aliphatic rings. The summed E-state index contributed by atoms with van der Waals surface area (Å²) in [6.07, 6.45) is 1.80. The Morgan fingerprint density at radius 1 is 1.50 bits per heavy atom. The fourth-order valence-corrected chi connectivity index (χ4v) is 2.86. The highest BCUT2D eigenvalue weighted by molar-refractivity contribution is 7.09. The summed E-state index contributed by atoms with van der Waals surface area (Å²) in [4.78, 5) is 17.5. The molecule has 0 saturated carbocycles. The first kappa shape index (κ1) is 13.1. The van der Waals surface area contributed by atoms with E-state index < -0.39 is 6.03 Å². The first-order valence-electron chi connectivity index (χ1n) is 6.20. The van der Waals surface area contributed by atoms with Gasteiger partial charge in [-0.15, -0.1) is 0 Å². The van der Waals surface area contributed by atoms with Gasteiger partial charge in [0.05, 0.1) is 0 Å². The van der Waals surface area contributed by atoms with E-state index in [1.807, 2.05) is 0 Å². The first-order valence-corrected chi connectivity index (χ1v) is 6.98. The summed E-state index contributed by atoms with van der Waals surface area (Å²) < 4.78 is 4.36. The monoisotopic (exact) mass is 269 g/mol. The normalized spacial score (nSPS) is 17.2. The third kappa shape index (κ3) is 3.10. The molecule has 7 heteroatoms. The number of aromatic nitrogens is 2. The van der Waals surface area contributed by atoms with Crippen molar-refractivity contribution in [3.05, 3.63) is 5.82 Å². The van der Waals surface area contributed by atoms with E-state index in [2.05, 4.69) is 33.4 Å². The van der Waals surface area contributed by atoms with Crippen LogP contribution in [-0.2, 0) is 0 Å². The molecule has 2 amide bonds. The largest absolute Gasteiger partial charge is 0.352 e. The highest BCUT2D eigenvalue weighted by Gasteiger charge is 2.22. The second-order valence-electron chi connectivity index (χ2n) is 4.86. The molecule has 1 aromatic rings. The van der Waals surface area contributed by atoms with Crippen molar-refractivity contribution in [3.63, 3.8) is 0 Å². The molecule has 1 saturated heterocycles. The Bertz CT molecular complexity index is 411. The van der Waals surface area contributed by atoms with Gasteiger partial charge >= 0.3 is 6.03 Å². The average molecular weight is 269 g/mol. The molecule has 0 unspecified atom stereocenters. The van der Waals surface area contributed by atoms with Crippen LogP contribution >= 0.6 is 11.5 Å². The van der Waals surface area contributed by atoms with E-state index in [9.17, 15) is 4.79 Å². The molecule has 0 atom stereocenters. The third-order valence-corrected chi connectivity index (χ3v) is 3.85. The summed E-state index contributed by atoms with van der Waals surface area (Å²) in [6, 6.07) is -0.248. The Balaban J connectivity index is 1.90. The molecule has 6 nitrogen and oxygen atoms in total. The summed E-state index contributed by atoms with van der Waals surface area (Å²) in [5.41, 5.74) is 5.12. The summed E-state index contributed by atoms with van der Waals surface area (Å²) in [6.45, 7) is 5.96. The van der Waals surface area contributed by atoms with Crippen molar-refractivity contribution in [1.82, 2.24) is 14.7 Å². The van der Waals surface area contributed by atoms with E-state index in [1.165, 1.54) is 11.5 Å². The van der Waals surface area contributed by atoms with Gasteiger partial charge in [-0.05, 0) is 12.8 Å². The number of anilines is 1. The van der Waals surface area contributed by atoms with E-state index in [-0.39, 0.29) is 6.04 Å². The Hall–Kier alpha value is -1.37. The topological polar surface area (TPSA) is 84.1 Å². The van der Waals surface area contributed by atoms with Crippen LogP contribution < -0.4 is 16.0 Å². The van der Waals surface area contributed by atoms with Crippen molar-refractivity contribution in [2.45, 2.75) is 38.6 Å². The van der Waals surface area contributed by atoms with Crippen molar-refractivity contribution in [1.29, 1.82) is 0 Å². The maximum Gasteiger partial charge on any atom is 0.312 e. The van der Waals surface area contributed by atoms with Crippen LogP contribution in [0.4, 0.5) is 9.93 Å². The summed E-state index contributed by atoms with van der Waals surface area (Å²) >= 11 is 1.45. The fraction of sp³-hybridized carbons (Fsp3) is 0.727. The number of piperidine rings is 1. The van der Waals surface area contributed by atoms with Crippen molar-refractivity contribution in [2.24, 2.45) is 5.73 Å². The summed E-state index contributed by atoms with van der Waals surface area (Å²) in [5.74, 6) is 1.27. The second-order valence-corrected chi connectivity index (χ2v) is 5.59. The number of nitrogens with zero attached hydrogens (tertiary/aromatic N) is 3. The molecule has 2 heterocycles. The van der Waals surface area contributed by atoms with Crippen molar-refractivity contribution in [3.8, 4) is 0 Å². The molecule has 0 bridgehead atoms. The van der Waals surface area contributed by atoms with Crippen LogP contribution in [0.1, 0.15) is 38.4 Å². The molecule has 0 aliphatic carbocycles. The number of hydrogen-bond acceptors (Lipinski definition) is 5. The summed E-state index contributed by atoms with van der Waals surface area (Å²) in [7, 11) is 0. The zero-order valence-electron chi connectivity index (χ0n) is 10.7. The van der Waals surface area contributed by atoms with E-state index in [0.717, 1.165) is 36.9 Å². The second kappa shape index (κ2) is 5.51. The maximum absolute atomic E-state index is 10.8. The number of urea groups is 1. The molecule has 1 aliphatic heterocycles. The lowest BCUT2D eigenvalue weighted by Crippen LogP contribution is -2.46. The minimum Gasteiger partial charge on any atom is -0.352 e. The quantitative estimate of drug-likeness (QED) is 0.866. The molecular weight excluding hydrogens is 250 g/mol. The van der Waals surface area contributed by atoms with Crippen LogP contribution in [0.2, 0.25) is 0 Å². The molecule has 0 spiro atoms. The minimum absolute atomic E-state index is 0.191. The van der Waals surface area contributed by atoms with Gasteiger partial charge in [0, 0.05) is 36.6 Å². The Morgan fingerprint density at radius 2 is 2.17 bits per heavy atom. The fourth-order valence-electron chi connectivity index (χ4n) is 2.01. The van der Waals surface area contributed by atoms with Gasteiger partial charge in [-0.3, -0.25) is 0 Å². The Labute approximate surface area is 111 Å². The third-order valence-electron chi connectivity index (χ3n) is 3.06. The predicted molar refractivity (Wildman–Crippen MR) is 72.0 cm³/mol. The Morgan fingerprint density at radius 3 is 2.67 bits per heavy atom. The van der Waals surface area contributed by atoms with Crippen molar-refractivity contribution in [2.75, 3.05) is 18.0 Å². The highest BCUT2D eigenvalue weighted by atomic mass is 32.1. The van der Waals surface area contributed by atoms with E-state index >= 15 is 0 Å². The average Bonchev–Trinajstić information content (AvgIpc) is 2.78. The maximum atomic E-state index is 10.8. The molecule has 100 valence electrons. The number of nitrogens with one attached hydrogen (secondary N) is 1. The number of hydrogen-bond donors (Lipinski definition) is 2. The van der Waals surface area contributed by atoms with Gasteiger partial charge in [0.2, 0.25) is 5.13 Å². The van der Waals surface area contributed by atoms with Crippen LogP contribution in [0.25, 0.3) is 0 Å². The van der Waals surface area contributed by atoms with Crippen LogP contribution in [0.15, 0.2) is 0 Å². The molecule has 0 aromatic carbocycles. The van der Waals surface area contributed by atoms with E-state index in [1.54, 1.807) is 0 Å². The van der Waals surface area contributed by atoms with Gasteiger partial charge in [-0.25, -0.2) is 9.78 Å². The Kier molecular flexibility index (Phi) is 4.00. The zero-order valence-corrected chi connectivity index (χ0v) is 11.5. The number of carbonyl (C=O) groups is 1. The van der Waals surface area contributed by atoms with Crippen LogP contribution in [0.3, 0.4) is 0 Å². The molecule has 1 aromatic heterocycles. The van der Waals surface area contributed by atoms with Gasteiger partial charge in [-0.1, -0.05) is 13.8 Å². The highest BCUT2D eigenvalue weighted by Crippen LogP contribution is 2.24. The van der Waals surface area contributed by atoms with Crippen LogP contribution in [0.5, 0.6) is 0 Å². The van der Waals surface area contributed by atoms with Gasteiger partial charge in [-0.2, -0.15) is 4.37 Å². The first-order chi connectivity index (χ1) is 8.56. The van der Waals surface area contributed by atoms with E-state index in [4.69, 9.17) is 5.73 Å². The smallest absolute Gasteiger partial charge is 0.312 e. The SMILES string of the molecule is CC(C)c1nsc(N2CCC(NC(N)=O)CC2)n1. The summed E-state index contributed by atoms with van der Waals surface area (Å²) in [5, 5.41) is 3.74. The molecule has 1 fully saturated rings.